The number of nitrogens with two attached hydrogens (primary N) is 1. The van der Waals surface area contributed by atoms with Crippen molar-refractivity contribution in [3.63, 3.8) is 0 Å². The number of hydrogen-bond donors (Lipinski definition) is 1. The van der Waals surface area contributed by atoms with Gasteiger partial charge >= 0.3 is 0 Å². The number of carbonyl (C=O) groups excluding carboxylic acids is 1. The zero-order valence-electron chi connectivity index (χ0n) is 23.9. The van der Waals surface area contributed by atoms with Crippen molar-refractivity contribution in [2.45, 2.75) is 59.7 Å². The molecule has 1 atom stereocenters. The predicted octanol–water partition coefficient (Wildman–Crippen LogP) is 7.66. The highest BCUT2D eigenvalue weighted by atomic mass is 35.5. The van der Waals surface area contributed by atoms with Crippen LogP contribution in [-0.4, -0.2) is 35.5 Å². The molecule has 2 aromatic heterocycles. The molecule has 0 bridgehead atoms. The van der Waals surface area contributed by atoms with Crippen molar-refractivity contribution in [2.75, 3.05) is 13.7 Å². The summed E-state index contributed by atoms with van der Waals surface area (Å²) >= 11 is 8.85. The van der Waals surface area contributed by atoms with Gasteiger partial charge < -0.3 is 20.1 Å². The van der Waals surface area contributed by atoms with Crippen LogP contribution in [0.2, 0.25) is 5.02 Å². The van der Waals surface area contributed by atoms with Gasteiger partial charge in [-0.25, -0.2) is 4.98 Å². The first-order valence-corrected chi connectivity index (χ1v) is 14.8. The van der Waals surface area contributed by atoms with Crippen LogP contribution in [0.1, 0.15) is 67.2 Å². The molecule has 40 heavy (non-hydrogen) atoms. The first-order chi connectivity index (χ1) is 19.0. The highest BCUT2D eigenvalue weighted by Gasteiger charge is 2.32. The molecular weight excluding hydrogens is 542 g/mol. The number of hydrogen-bond acceptors (Lipinski definition) is 6. The average Bonchev–Trinajstić information content (AvgIpc) is 3.29. The highest BCUT2D eigenvalue weighted by Crippen LogP contribution is 2.48. The molecule has 210 valence electrons. The molecule has 0 fully saturated rings. The van der Waals surface area contributed by atoms with E-state index in [9.17, 15) is 4.79 Å². The van der Waals surface area contributed by atoms with Crippen molar-refractivity contribution in [1.29, 1.82) is 0 Å². The summed E-state index contributed by atoms with van der Waals surface area (Å²) in [5.74, 6) is 1.35. The van der Waals surface area contributed by atoms with E-state index in [0.717, 1.165) is 32.6 Å². The summed E-state index contributed by atoms with van der Waals surface area (Å²) in [4.78, 5) is 22.2. The van der Waals surface area contributed by atoms with Crippen LogP contribution in [0.15, 0.2) is 48.5 Å². The second kappa shape index (κ2) is 11.0. The second-order valence-corrected chi connectivity index (χ2v) is 13.1. The van der Waals surface area contributed by atoms with E-state index >= 15 is 0 Å². The number of amides is 1. The molecule has 2 N–H and O–H groups in total. The molecule has 3 heterocycles. The van der Waals surface area contributed by atoms with Gasteiger partial charge in [0.1, 0.15) is 4.83 Å². The summed E-state index contributed by atoms with van der Waals surface area (Å²) in [6.45, 7) is 11.4. The highest BCUT2D eigenvalue weighted by molar-refractivity contribution is 7.19. The van der Waals surface area contributed by atoms with E-state index in [1.165, 1.54) is 5.56 Å². The molecule has 2 aromatic carbocycles. The molecule has 0 aliphatic carbocycles. The Morgan fingerprint density at radius 3 is 2.50 bits per heavy atom. The Balaban J connectivity index is 1.68. The number of nitrogens with zero attached hydrogens (tertiary/aromatic N) is 2. The number of halogens is 1. The zero-order chi connectivity index (χ0) is 28.8. The lowest BCUT2D eigenvalue weighted by atomic mass is 9.84. The normalized spacial score (nSPS) is 14.4. The van der Waals surface area contributed by atoms with Gasteiger partial charge in [0.15, 0.2) is 11.5 Å². The van der Waals surface area contributed by atoms with Crippen LogP contribution in [0.3, 0.4) is 0 Å². The molecule has 0 radical (unpaired) electrons. The molecule has 1 amide bonds. The quantitative estimate of drug-likeness (QED) is 0.254. The third kappa shape index (κ3) is 5.30. The molecule has 0 saturated carbocycles. The summed E-state index contributed by atoms with van der Waals surface area (Å²) in [7, 11) is 1.64. The van der Waals surface area contributed by atoms with E-state index in [0.29, 0.717) is 40.9 Å². The lowest BCUT2D eigenvalue weighted by Gasteiger charge is -2.29. The van der Waals surface area contributed by atoms with Gasteiger partial charge in [-0.05, 0) is 61.1 Å². The van der Waals surface area contributed by atoms with Crippen molar-refractivity contribution in [3.8, 4) is 22.6 Å². The van der Waals surface area contributed by atoms with Crippen LogP contribution in [0, 0.1) is 5.41 Å². The summed E-state index contributed by atoms with van der Waals surface area (Å²) in [6.07, 6.45) is 0.729. The number of pyridine rings is 1. The third-order valence-corrected chi connectivity index (χ3v) is 8.80. The SMILES string of the molecule is COc1cc(-c2c(Cl)c(C(N)C(C)(C)C)nc3sc4c(c23)CCN(C(=O)c2ccccc2)C4)ccc1OC(C)C. The van der Waals surface area contributed by atoms with Gasteiger partial charge in [-0.3, -0.25) is 4.79 Å². The molecule has 0 spiro atoms. The smallest absolute Gasteiger partial charge is 0.254 e. The number of carbonyl (C=O) groups is 1. The molecule has 1 aliphatic rings. The molecule has 5 rings (SSSR count). The van der Waals surface area contributed by atoms with Crippen LogP contribution in [0.25, 0.3) is 21.3 Å². The fourth-order valence-corrected chi connectivity index (χ4v) is 6.74. The maximum absolute atomic E-state index is 13.3. The Morgan fingerprint density at radius 1 is 1.12 bits per heavy atom. The lowest BCUT2D eigenvalue weighted by Crippen LogP contribution is -2.35. The fraction of sp³-hybridized carbons (Fsp3) is 0.375. The lowest BCUT2D eigenvalue weighted by molar-refractivity contribution is 0.0737. The predicted molar refractivity (Wildman–Crippen MR) is 164 cm³/mol. The third-order valence-electron chi connectivity index (χ3n) is 7.31. The van der Waals surface area contributed by atoms with E-state index < -0.39 is 0 Å². The van der Waals surface area contributed by atoms with Gasteiger partial charge in [0.25, 0.3) is 5.91 Å². The van der Waals surface area contributed by atoms with Gasteiger partial charge in [-0.15, -0.1) is 11.3 Å². The van der Waals surface area contributed by atoms with Crippen molar-refractivity contribution >= 4 is 39.1 Å². The molecule has 4 aromatic rings. The summed E-state index contributed by atoms with van der Waals surface area (Å²) in [5.41, 5.74) is 10.9. The first-order valence-electron chi connectivity index (χ1n) is 13.6. The number of ether oxygens (including phenoxy) is 2. The van der Waals surface area contributed by atoms with Gasteiger partial charge in [0.2, 0.25) is 0 Å². The molecule has 0 saturated heterocycles. The number of aromatic nitrogens is 1. The van der Waals surface area contributed by atoms with E-state index in [-0.39, 0.29) is 23.5 Å². The Hall–Kier alpha value is -3.13. The molecule has 1 unspecified atom stereocenters. The zero-order valence-corrected chi connectivity index (χ0v) is 25.4. The molecule has 8 heteroatoms. The maximum atomic E-state index is 13.3. The second-order valence-electron chi connectivity index (χ2n) is 11.6. The average molecular weight is 578 g/mol. The summed E-state index contributed by atoms with van der Waals surface area (Å²) in [5, 5.41) is 1.58. The van der Waals surface area contributed by atoms with Gasteiger partial charge in [-0.2, -0.15) is 0 Å². The Morgan fingerprint density at radius 2 is 1.85 bits per heavy atom. The number of methoxy groups -OCH3 is 1. The summed E-state index contributed by atoms with van der Waals surface area (Å²) in [6, 6.07) is 15.0. The molecule has 1 aliphatic heterocycles. The number of thiophene rings is 1. The van der Waals surface area contributed by atoms with E-state index in [2.05, 4.69) is 20.8 Å². The van der Waals surface area contributed by atoms with Crippen LogP contribution < -0.4 is 15.2 Å². The number of rotatable bonds is 6. The van der Waals surface area contributed by atoms with Gasteiger partial charge in [0, 0.05) is 27.9 Å². The van der Waals surface area contributed by atoms with Crippen LogP contribution >= 0.6 is 22.9 Å². The minimum atomic E-state index is -0.371. The number of benzene rings is 2. The molecule has 6 nitrogen and oxygen atoms in total. The van der Waals surface area contributed by atoms with E-state index in [1.54, 1.807) is 18.4 Å². The minimum absolute atomic E-state index is 0.0118. The largest absolute Gasteiger partial charge is 0.493 e. The summed E-state index contributed by atoms with van der Waals surface area (Å²) < 4.78 is 11.7. The fourth-order valence-electron chi connectivity index (χ4n) is 5.12. The van der Waals surface area contributed by atoms with Gasteiger partial charge in [-0.1, -0.05) is 56.6 Å². The minimum Gasteiger partial charge on any atom is -0.493 e. The maximum Gasteiger partial charge on any atom is 0.254 e. The van der Waals surface area contributed by atoms with Crippen LogP contribution in [0.5, 0.6) is 11.5 Å². The Kier molecular flexibility index (Phi) is 7.83. The van der Waals surface area contributed by atoms with Gasteiger partial charge in [0.05, 0.1) is 36.5 Å². The number of fused-ring (bicyclic) bond motifs is 3. The van der Waals surface area contributed by atoms with Crippen LogP contribution in [-0.2, 0) is 13.0 Å². The van der Waals surface area contributed by atoms with E-state index in [1.807, 2.05) is 67.3 Å². The van der Waals surface area contributed by atoms with Crippen molar-refractivity contribution < 1.29 is 14.3 Å². The standard InChI is InChI=1S/C32H36ClN3O3S/c1-18(2)39-22-13-12-20(16-23(22)38-6)25-26-21-14-15-36(31(37)19-10-8-7-9-11-19)17-24(21)40-30(26)35-28(27(25)33)29(34)32(3,4)5/h7-13,16,18,29H,14-15,17,34H2,1-6H3. The van der Waals surface area contributed by atoms with Crippen molar-refractivity contribution in [1.82, 2.24) is 9.88 Å². The van der Waals surface area contributed by atoms with Crippen LogP contribution in [0.4, 0.5) is 0 Å². The van der Waals surface area contributed by atoms with Crippen molar-refractivity contribution in [2.24, 2.45) is 11.1 Å². The van der Waals surface area contributed by atoms with E-state index in [4.69, 9.17) is 31.8 Å². The molecular formula is C32H36ClN3O3S. The Labute approximate surface area is 245 Å². The monoisotopic (exact) mass is 577 g/mol. The van der Waals surface area contributed by atoms with Crippen molar-refractivity contribution in [3.05, 3.63) is 75.3 Å². The topological polar surface area (TPSA) is 77.7 Å². The Bertz CT molecular complexity index is 1560. The first kappa shape index (κ1) is 28.4.